The quantitative estimate of drug-likeness (QED) is 0.805. The lowest BCUT2D eigenvalue weighted by Crippen LogP contribution is -2.38. The van der Waals surface area contributed by atoms with Gasteiger partial charge in [0.2, 0.25) is 0 Å². The Morgan fingerprint density at radius 2 is 2.15 bits per heavy atom. The molecule has 2 aliphatic heterocycles. The molecule has 9 heteroatoms. The van der Waals surface area contributed by atoms with Gasteiger partial charge in [0.1, 0.15) is 11.9 Å². The van der Waals surface area contributed by atoms with Crippen LogP contribution >= 0.6 is 11.3 Å². The summed E-state index contributed by atoms with van der Waals surface area (Å²) in [4.78, 5) is 7.97. The molecule has 1 aromatic carbocycles. The number of anilines is 1. The minimum Gasteiger partial charge on any atom is -0.406 e. The maximum absolute atomic E-state index is 12.4. The zero-order valence-corrected chi connectivity index (χ0v) is 14.6. The van der Waals surface area contributed by atoms with Crippen molar-refractivity contribution in [2.45, 2.75) is 25.5 Å². The molecule has 0 N–H and O–H groups in total. The molecule has 140 valence electrons. The number of benzene rings is 1. The molecule has 3 heterocycles. The molecule has 0 radical (unpaired) electrons. The molecular weight excluding hydrogens is 369 g/mol. The number of fused-ring (bicyclic) bond motifs is 1. The number of nitrogens with zero attached hydrogens (tertiary/aromatic N) is 2. The van der Waals surface area contributed by atoms with E-state index in [0.29, 0.717) is 38.5 Å². The van der Waals surface area contributed by atoms with Gasteiger partial charge in [-0.05, 0) is 17.7 Å². The molecule has 1 atom stereocenters. The van der Waals surface area contributed by atoms with Gasteiger partial charge in [-0.15, -0.1) is 13.2 Å². The van der Waals surface area contributed by atoms with Gasteiger partial charge in [0.05, 0.1) is 36.9 Å². The summed E-state index contributed by atoms with van der Waals surface area (Å²) in [7, 11) is 0. The summed E-state index contributed by atoms with van der Waals surface area (Å²) < 4.78 is 52.5. The van der Waals surface area contributed by atoms with E-state index in [0.717, 1.165) is 22.1 Å². The fourth-order valence-corrected chi connectivity index (χ4v) is 4.16. The summed E-state index contributed by atoms with van der Waals surface area (Å²) in [6.07, 6.45) is -4.23. The first-order valence-electron chi connectivity index (χ1n) is 8.26. The molecule has 1 aromatic heterocycles. The highest BCUT2D eigenvalue weighted by Crippen LogP contribution is 2.34. The summed E-state index contributed by atoms with van der Waals surface area (Å²) >= 11 is 1.61. The Bertz CT molecular complexity index is 757. The lowest BCUT2D eigenvalue weighted by molar-refractivity contribution is -0.274. The molecule has 2 aliphatic rings. The van der Waals surface area contributed by atoms with E-state index in [1.54, 1.807) is 17.4 Å². The number of rotatable bonds is 3. The largest absolute Gasteiger partial charge is 0.573 e. The summed E-state index contributed by atoms with van der Waals surface area (Å²) in [6.45, 7) is 2.99. The second-order valence-electron chi connectivity index (χ2n) is 6.09. The summed E-state index contributed by atoms with van der Waals surface area (Å²) in [5.74, 6) is -0.238. The first-order valence-corrected chi connectivity index (χ1v) is 9.08. The highest BCUT2D eigenvalue weighted by molar-refractivity contribution is 7.15. The highest BCUT2D eigenvalue weighted by atomic mass is 32.1. The number of alkyl halides is 3. The van der Waals surface area contributed by atoms with Gasteiger partial charge in [-0.3, -0.25) is 0 Å². The van der Waals surface area contributed by atoms with Crippen molar-refractivity contribution < 1.29 is 27.4 Å². The second kappa shape index (κ2) is 7.05. The van der Waals surface area contributed by atoms with Crippen LogP contribution in [0.5, 0.6) is 5.75 Å². The molecular formula is C17H17F3N2O3S. The Hall–Kier alpha value is -1.84. The molecule has 1 saturated heterocycles. The standard InChI is InChI=1S/C17H17F3N2O3S/c18-17(19,20)25-12-3-1-2-11(8-12)14-9-22(5-7-24-14)16-21-13-4-6-23-10-15(13)26-16/h1-3,8,14H,4-7,9-10H2. The topological polar surface area (TPSA) is 43.8 Å². The average Bonchev–Trinajstić information content (AvgIpc) is 3.05. The molecule has 1 unspecified atom stereocenters. The van der Waals surface area contributed by atoms with Crippen molar-refractivity contribution in [2.75, 3.05) is 31.2 Å². The van der Waals surface area contributed by atoms with E-state index in [-0.39, 0.29) is 11.9 Å². The van der Waals surface area contributed by atoms with E-state index in [9.17, 15) is 13.2 Å². The smallest absolute Gasteiger partial charge is 0.406 e. The second-order valence-corrected chi connectivity index (χ2v) is 7.16. The van der Waals surface area contributed by atoms with Gasteiger partial charge in [0.15, 0.2) is 5.13 Å². The van der Waals surface area contributed by atoms with Crippen LogP contribution in [0.1, 0.15) is 22.2 Å². The molecule has 0 spiro atoms. The van der Waals surface area contributed by atoms with Crippen molar-refractivity contribution in [3.63, 3.8) is 0 Å². The molecule has 2 aromatic rings. The van der Waals surface area contributed by atoms with E-state index in [2.05, 4.69) is 9.64 Å². The number of hydrogen-bond donors (Lipinski definition) is 0. The molecule has 5 nitrogen and oxygen atoms in total. The fourth-order valence-electron chi connectivity index (χ4n) is 3.08. The number of hydrogen-bond acceptors (Lipinski definition) is 6. The Kier molecular flexibility index (Phi) is 4.76. The van der Waals surface area contributed by atoms with Crippen molar-refractivity contribution >= 4 is 16.5 Å². The highest BCUT2D eigenvalue weighted by Gasteiger charge is 2.32. The lowest BCUT2D eigenvalue weighted by Gasteiger charge is -2.33. The summed E-state index contributed by atoms with van der Waals surface area (Å²) in [5.41, 5.74) is 1.74. The third-order valence-electron chi connectivity index (χ3n) is 4.28. The van der Waals surface area contributed by atoms with Gasteiger partial charge in [-0.25, -0.2) is 4.98 Å². The van der Waals surface area contributed by atoms with Gasteiger partial charge in [0, 0.05) is 13.0 Å². The van der Waals surface area contributed by atoms with Crippen molar-refractivity contribution in [1.29, 1.82) is 0 Å². The zero-order chi connectivity index (χ0) is 18.1. The maximum atomic E-state index is 12.4. The van der Waals surface area contributed by atoms with Gasteiger partial charge in [0.25, 0.3) is 0 Å². The molecule has 0 bridgehead atoms. The average molecular weight is 386 g/mol. The monoisotopic (exact) mass is 386 g/mol. The van der Waals surface area contributed by atoms with Crippen molar-refractivity contribution in [3.05, 3.63) is 40.4 Å². The molecule has 0 saturated carbocycles. The van der Waals surface area contributed by atoms with Gasteiger partial charge < -0.3 is 19.1 Å². The van der Waals surface area contributed by atoms with Crippen LogP contribution in [0.3, 0.4) is 0 Å². The maximum Gasteiger partial charge on any atom is 0.573 e. The number of ether oxygens (including phenoxy) is 3. The Labute approximate surface area is 152 Å². The van der Waals surface area contributed by atoms with Gasteiger partial charge in [-0.1, -0.05) is 23.5 Å². The molecule has 1 fully saturated rings. The molecule has 0 amide bonds. The van der Waals surface area contributed by atoms with Crippen LogP contribution in [0.4, 0.5) is 18.3 Å². The van der Waals surface area contributed by atoms with Crippen LogP contribution in [0, 0.1) is 0 Å². The van der Waals surface area contributed by atoms with E-state index >= 15 is 0 Å². The number of thiazole rings is 1. The fraction of sp³-hybridized carbons (Fsp3) is 0.471. The minimum absolute atomic E-state index is 0.238. The van der Waals surface area contributed by atoms with Crippen LogP contribution < -0.4 is 9.64 Å². The first kappa shape index (κ1) is 17.6. The van der Waals surface area contributed by atoms with Crippen LogP contribution in [0.25, 0.3) is 0 Å². The summed E-state index contributed by atoms with van der Waals surface area (Å²) in [6, 6.07) is 5.95. The van der Waals surface area contributed by atoms with E-state index < -0.39 is 6.36 Å². The van der Waals surface area contributed by atoms with E-state index in [1.807, 2.05) is 0 Å². The predicted molar refractivity (Wildman–Crippen MR) is 89.5 cm³/mol. The molecule has 26 heavy (non-hydrogen) atoms. The SMILES string of the molecule is FC(F)(F)Oc1cccc(C2CN(c3nc4c(s3)COCC4)CCO2)c1. The third kappa shape index (κ3) is 3.94. The number of morpholine rings is 1. The Balaban J connectivity index is 1.50. The van der Waals surface area contributed by atoms with Crippen molar-refractivity contribution in [1.82, 2.24) is 4.98 Å². The van der Waals surface area contributed by atoms with Crippen LogP contribution in [0.2, 0.25) is 0 Å². The van der Waals surface area contributed by atoms with Crippen molar-refractivity contribution in [3.8, 4) is 5.75 Å². The number of aromatic nitrogens is 1. The third-order valence-corrected chi connectivity index (χ3v) is 5.42. The van der Waals surface area contributed by atoms with Crippen LogP contribution in [0.15, 0.2) is 24.3 Å². The zero-order valence-electron chi connectivity index (χ0n) is 13.8. The summed E-state index contributed by atoms with van der Waals surface area (Å²) in [5, 5.41) is 0.913. The van der Waals surface area contributed by atoms with Gasteiger partial charge >= 0.3 is 6.36 Å². The van der Waals surface area contributed by atoms with Crippen LogP contribution in [-0.4, -0.2) is 37.6 Å². The normalized spacial score (nSPS) is 20.7. The van der Waals surface area contributed by atoms with Gasteiger partial charge in [-0.2, -0.15) is 0 Å². The molecule has 0 aliphatic carbocycles. The van der Waals surface area contributed by atoms with Crippen LogP contribution in [-0.2, 0) is 22.5 Å². The van der Waals surface area contributed by atoms with E-state index in [1.165, 1.54) is 18.2 Å². The minimum atomic E-state index is -4.71. The molecule has 4 rings (SSSR count). The Morgan fingerprint density at radius 1 is 1.27 bits per heavy atom. The lowest BCUT2D eigenvalue weighted by atomic mass is 10.1. The first-order chi connectivity index (χ1) is 12.5. The van der Waals surface area contributed by atoms with Crippen molar-refractivity contribution in [2.24, 2.45) is 0 Å². The predicted octanol–water partition coefficient (Wildman–Crippen LogP) is 3.69. The number of halogens is 3. The Morgan fingerprint density at radius 3 is 2.96 bits per heavy atom. The van der Waals surface area contributed by atoms with E-state index in [4.69, 9.17) is 14.5 Å².